The molecule has 0 radical (unpaired) electrons. The van der Waals surface area contributed by atoms with Crippen molar-refractivity contribution in [3.05, 3.63) is 10.5 Å². The SMILES string of the molecule is CC(C)(C)C1=C(C(C)(C)C)S(=O)C2CCCC12. The van der Waals surface area contributed by atoms with Gasteiger partial charge in [0.25, 0.3) is 0 Å². The van der Waals surface area contributed by atoms with E-state index in [-0.39, 0.29) is 10.8 Å². The first-order valence-corrected chi connectivity index (χ1v) is 8.01. The average molecular weight is 254 g/mol. The summed E-state index contributed by atoms with van der Waals surface area (Å²) in [6.07, 6.45) is 3.68. The molecule has 0 aromatic rings. The zero-order valence-corrected chi connectivity index (χ0v) is 12.9. The van der Waals surface area contributed by atoms with Gasteiger partial charge in [-0.3, -0.25) is 4.21 Å². The van der Waals surface area contributed by atoms with Gasteiger partial charge in [0.15, 0.2) is 0 Å². The Hall–Kier alpha value is -0.110. The van der Waals surface area contributed by atoms with E-state index in [4.69, 9.17) is 0 Å². The van der Waals surface area contributed by atoms with Crippen LogP contribution in [0, 0.1) is 16.7 Å². The Kier molecular flexibility index (Phi) is 3.09. The molecular weight excluding hydrogens is 228 g/mol. The summed E-state index contributed by atoms with van der Waals surface area (Å²) in [4.78, 5) is 1.26. The maximum atomic E-state index is 12.7. The molecule has 0 aromatic carbocycles. The van der Waals surface area contributed by atoms with Crippen LogP contribution >= 0.6 is 0 Å². The second kappa shape index (κ2) is 3.94. The molecule has 0 amide bonds. The van der Waals surface area contributed by atoms with Crippen molar-refractivity contribution in [3.8, 4) is 0 Å². The summed E-state index contributed by atoms with van der Waals surface area (Å²) in [6, 6.07) is 0. The molecule has 2 heteroatoms. The molecule has 0 saturated heterocycles. The molecule has 98 valence electrons. The number of allylic oxidation sites excluding steroid dienone is 2. The molecule has 1 saturated carbocycles. The first-order valence-electron chi connectivity index (χ1n) is 6.79. The highest BCUT2D eigenvalue weighted by atomic mass is 32.2. The Morgan fingerprint density at radius 1 is 1.00 bits per heavy atom. The van der Waals surface area contributed by atoms with Crippen LogP contribution in [0.4, 0.5) is 0 Å². The predicted molar refractivity (Wildman–Crippen MR) is 75.2 cm³/mol. The van der Waals surface area contributed by atoms with E-state index < -0.39 is 10.8 Å². The van der Waals surface area contributed by atoms with Gasteiger partial charge in [-0.25, -0.2) is 0 Å². The molecular formula is C15H26OS. The van der Waals surface area contributed by atoms with Gasteiger partial charge in [-0.2, -0.15) is 0 Å². The molecule has 2 aliphatic rings. The minimum absolute atomic E-state index is 0.0534. The Bertz CT molecular complexity index is 379. The molecule has 1 fully saturated rings. The van der Waals surface area contributed by atoms with Crippen LogP contribution in [0.25, 0.3) is 0 Å². The molecule has 0 N–H and O–H groups in total. The normalized spacial score (nSPS) is 34.4. The van der Waals surface area contributed by atoms with Gasteiger partial charge in [0.05, 0.1) is 10.8 Å². The van der Waals surface area contributed by atoms with E-state index in [1.165, 1.54) is 23.3 Å². The Balaban J connectivity index is 2.57. The van der Waals surface area contributed by atoms with Gasteiger partial charge in [-0.1, -0.05) is 48.0 Å². The minimum atomic E-state index is -0.732. The van der Waals surface area contributed by atoms with Crippen molar-refractivity contribution in [1.82, 2.24) is 0 Å². The van der Waals surface area contributed by atoms with Crippen molar-refractivity contribution in [1.29, 1.82) is 0 Å². The van der Waals surface area contributed by atoms with Gasteiger partial charge >= 0.3 is 0 Å². The molecule has 1 nitrogen and oxygen atoms in total. The Morgan fingerprint density at radius 3 is 2.06 bits per heavy atom. The molecule has 0 spiro atoms. The van der Waals surface area contributed by atoms with Crippen molar-refractivity contribution in [2.45, 2.75) is 66.1 Å². The first-order chi connectivity index (χ1) is 7.64. The van der Waals surface area contributed by atoms with E-state index >= 15 is 0 Å². The maximum Gasteiger partial charge on any atom is 0.0530 e. The summed E-state index contributed by atoms with van der Waals surface area (Å²) in [5.74, 6) is 0.602. The fourth-order valence-electron chi connectivity index (χ4n) is 3.54. The highest BCUT2D eigenvalue weighted by Crippen LogP contribution is 2.54. The summed E-state index contributed by atoms with van der Waals surface area (Å²) in [6.45, 7) is 13.5. The largest absolute Gasteiger partial charge is 0.254 e. The monoisotopic (exact) mass is 254 g/mol. The number of hydrogen-bond acceptors (Lipinski definition) is 1. The van der Waals surface area contributed by atoms with Crippen LogP contribution < -0.4 is 0 Å². The van der Waals surface area contributed by atoms with Crippen LogP contribution in [-0.2, 0) is 10.8 Å². The van der Waals surface area contributed by atoms with Crippen LogP contribution in [0.2, 0.25) is 0 Å². The van der Waals surface area contributed by atoms with E-state index in [9.17, 15) is 4.21 Å². The van der Waals surface area contributed by atoms with Gasteiger partial charge in [-0.15, -0.1) is 0 Å². The number of rotatable bonds is 0. The lowest BCUT2D eigenvalue weighted by Crippen LogP contribution is -2.20. The van der Waals surface area contributed by atoms with Gasteiger partial charge in [0, 0.05) is 10.2 Å². The molecule has 1 aliphatic carbocycles. The lowest BCUT2D eigenvalue weighted by atomic mass is 9.74. The summed E-state index contributed by atoms with van der Waals surface area (Å²) >= 11 is 0. The van der Waals surface area contributed by atoms with Gasteiger partial charge < -0.3 is 0 Å². The molecule has 0 bridgehead atoms. The van der Waals surface area contributed by atoms with Crippen molar-refractivity contribution in [3.63, 3.8) is 0 Å². The lowest BCUT2D eigenvalue weighted by Gasteiger charge is -2.30. The van der Waals surface area contributed by atoms with Crippen molar-refractivity contribution in [2.24, 2.45) is 16.7 Å². The third kappa shape index (κ3) is 2.14. The Labute approximate surface area is 109 Å². The highest BCUT2D eigenvalue weighted by molar-refractivity contribution is 7.90. The predicted octanol–water partition coefficient (Wildman–Crippen LogP) is 4.26. The van der Waals surface area contributed by atoms with E-state index in [2.05, 4.69) is 41.5 Å². The van der Waals surface area contributed by atoms with Gasteiger partial charge in [0.1, 0.15) is 0 Å². The zero-order valence-electron chi connectivity index (χ0n) is 12.1. The molecule has 1 aliphatic heterocycles. The fourth-order valence-corrected chi connectivity index (χ4v) is 6.08. The van der Waals surface area contributed by atoms with Crippen molar-refractivity contribution in [2.75, 3.05) is 0 Å². The number of fused-ring (bicyclic) bond motifs is 1. The second-order valence-electron chi connectivity index (χ2n) is 7.62. The summed E-state index contributed by atoms with van der Waals surface area (Å²) in [5, 5.41) is 0.429. The van der Waals surface area contributed by atoms with E-state index in [1.54, 1.807) is 0 Å². The maximum absolute atomic E-state index is 12.7. The fraction of sp³-hybridized carbons (Fsp3) is 0.867. The molecule has 17 heavy (non-hydrogen) atoms. The summed E-state index contributed by atoms with van der Waals surface area (Å²) in [5.41, 5.74) is 1.74. The van der Waals surface area contributed by atoms with Crippen molar-refractivity contribution >= 4 is 10.8 Å². The third-order valence-electron chi connectivity index (χ3n) is 4.03. The molecule has 3 unspecified atom stereocenters. The lowest BCUT2D eigenvalue weighted by molar-refractivity contribution is 0.412. The summed E-state index contributed by atoms with van der Waals surface area (Å²) in [7, 11) is -0.732. The van der Waals surface area contributed by atoms with E-state index in [0.717, 1.165) is 6.42 Å². The first kappa shape index (κ1) is 13.3. The van der Waals surface area contributed by atoms with Crippen LogP contribution in [0.5, 0.6) is 0 Å². The average Bonchev–Trinajstić information content (AvgIpc) is 2.63. The standard InChI is InChI=1S/C15H26OS/c1-14(2,3)12-10-8-7-9-11(10)17(16)13(12)15(4,5)6/h10-11H,7-9H2,1-6H3. The highest BCUT2D eigenvalue weighted by Gasteiger charge is 2.49. The smallest absolute Gasteiger partial charge is 0.0530 e. The van der Waals surface area contributed by atoms with Crippen LogP contribution in [-0.4, -0.2) is 9.46 Å². The van der Waals surface area contributed by atoms with Gasteiger partial charge in [0.2, 0.25) is 0 Å². The topological polar surface area (TPSA) is 17.1 Å². The van der Waals surface area contributed by atoms with Gasteiger partial charge in [-0.05, 0) is 35.2 Å². The Morgan fingerprint density at radius 2 is 1.59 bits per heavy atom. The quantitative estimate of drug-likeness (QED) is 0.631. The molecule has 2 rings (SSSR count). The molecule has 3 atom stereocenters. The van der Waals surface area contributed by atoms with Crippen molar-refractivity contribution < 1.29 is 4.21 Å². The molecule has 1 heterocycles. The number of hydrogen-bond donors (Lipinski definition) is 0. The minimum Gasteiger partial charge on any atom is -0.254 e. The van der Waals surface area contributed by atoms with E-state index in [1.807, 2.05) is 0 Å². The molecule has 0 aromatic heterocycles. The van der Waals surface area contributed by atoms with Crippen LogP contribution in [0.15, 0.2) is 10.5 Å². The van der Waals surface area contributed by atoms with Crippen LogP contribution in [0.3, 0.4) is 0 Å². The van der Waals surface area contributed by atoms with E-state index in [0.29, 0.717) is 11.2 Å². The third-order valence-corrected chi connectivity index (χ3v) is 6.38. The summed E-state index contributed by atoms with van der Waals surface area (Å²) < 4.78 is 12.7. The van der Waals surface area contributed by atoms with Crippen LogP contribution in [0.1, 0.15) is 60.8 Å². The zero-order chi connectivity index (χ0) is 13.0. The second-order valence-corrected chi connectivity index (χ2v) is 9.22.